The van der Waals surface area contributed by atoms with E-state index in [1.165, 1.54) is 40.5 Å². The van der Waals surface area contributed by atoms with Gasteiger partial charge in [-0.05, 0) is 55.3 Å². The third-order valence-electron chi connectivity index (χ3n) is 4.21. The van der Waals surface area contributed by atoms with E-state index in [1.807, 2.05) is 27.1 Å². The summed E-state index contributed by atoms with van der Waals surface area (Å²) in [5, 5.41) is 0.685. The van der Waals surface area contributed by atoms with Gasteiger partial charge >= 0.3 is 0 Å². The van der Waals surface area contributed by atoms with Gasteiger partial charge in [-0.15, -0.1) is 0 Å². The molecule has 0 atom stereocenters. The van der Waals surface area contributed by atoms with E-state index in [0.717, 1.165) is 27.9 Å². The number of nitrogens with one attached hydrogen (secondary N) is 1. The van der Waals surface area contributed by atoms with Crippen molar-refractivity contribution in [2.75, 3.05) is 32.1 Å². The standard InChI is InChI=1S/C20H22FN3OS/c1-13-11-14(2)18-17(12-13)22-20(26-18)24(10-9-23(3)4)19(25)15-5-7-16(21)8-6-15/h5-8,11-12H,9-10H2,1-4H3/p+1. The number of halogens is 1. The van der Waals surface area contributed by atoms with E-state index in [2.05, 4.69) is 13.0 Å². The quantitative estimate of drug-likeness (QED) is 0.748. The topological polar surface area (TPSA) is 37.6 Å². The van der Waals surface area contributed by atoms with Gasteiger partial charge in [0.2, 0.25) is 0 Å². The highest BCUT2D eigenvalue weighted by molar-refractivity contribution is 7.22. The number of thiazole rings is 1. The van der Waals surface area contributed by atoms with E-state index in [4.69, 9.17) is 4.98 Å². The van der Waals surface area contributed by atoms with Crippen LogP contribution in [0.15, 0.2) is 36.4 Å². The van der Waals surface area contributed by atoms with Crippen LogP contribution in [0.3, 0.4) is 0 Å². The van der Waals surface area contributed by atoms with Crippen molar-refractivity contribution in [2.45, 2.75) is 13.8 Å². The molecule has 0 fully saturated rings. The number of hydrogen-bond donors (Lipinski definition) is 1. The number of aromatic nitrogens is 1. The van der Waals surface area contributed by atoms with Crippen molar-refractivity contribution < 1.29 is 14.1 Å². The zero-order chi connectivity index (χ0) is 18.8. The minimum Gasteiger partial charge on any atom is -0.338 e. The third-order valence-corrected chi connectivity index (χ3v) is 5.44. The van der Waals surface area contributed by atoms with Crippen LogP contribution < -0.4 is 9.80 Å². The van der Waals surface area contributed by atoms with Gasteiger partial charge in [0.05, 0.1) is 37.4 Å². The molecule has 0 saturated heterocycles. The summed E-state index contributed by atoms with van der Waals surface area (Å²) in [4.78, 5) is 20.7. The summed E-state index contributed by atoms with van der Waals surface area (Å²) in [6.07, 6.45) is 0. The van der Waals surface area contributed by atoms with Gasteiger partial charge in [0.15, 0.2) is 5.13 Å². The predicted octanol–water partition coefficient (Wildman–Crippen LogP) is 2.84. The molecular formula is C20H23FN3OS+. The average Bonchev–Trinajstić information content (AvgIpc) is 2.99. The Bertz CT molecular complexity index is 934. The second kappa shape index (κ2) is 7.51. The third kappa shape index (κ3) is 3.92. The van der Waals surface area contributed by atoms with E-state index in [9.17, 15) is 9.18 Å². The molecule has 3 rings (SSSR count). The van der Waals surface area contributed by atoms with Crippen LogP contribution in [0.2, 0.25) is 0 Å². The first kappa shape index (κ1) is 18.5. The first-order chi connectivity index (χ1) is 12.3. The average molecular weight is 372 g/mol. The Morgan fingerprint density at radius 3 is 2.54 bits per heavy atom. The lowest BCUT2D eigenvalue weighted by atomic mass is 10.1. The SMILES string of the molecule is Cc1cc(C)c2sc(N(CC[NH+](C)C)C(=O)c3ccc(F)cc3)nc2c1. The maximum absolute atomic E-state index is 13.2. The first-order valence-electron chi connectivity index (χ1n) is 8.59. The van der Waals surface area contributed by atoms with Gasteiger partial charge in [0.25, 0.3) is 5.91 Å². The van der Waals surface area contributed by atoms with Gasteiger partial charge in [0.1, 0.15) is 5.82 Å². The Hall–Kier alpha value is -2.31. The zero-order valence-electron chi connectivity index (χ0n) is 15.5. The van der Waals surface area contributed by atoms with Crippen molar-refractivity contribution in [3.05, 3.63) is 58.9 Å². The fraction of sp³-hybridized carbons (Fsp3) is 0.300. The highest BCUT2D eigenvalue weighted by atomic mass is 32.1. The van der Waals surface area contributed by atoms with Crippen molar-refractivity contribution in [2.24, 2.45) is 0 Å². The van der Waals surface area contributed by atoms with Crippen molar-refractivity contribution in [1.82, 2.24) is 4.98 Å². The van der Waals surface area contributed by atoms with E-state index < -0.39 is 0 Å². The predicted molar refractivity (Wildman–Crippen MR) is 105 cm³/mol. The largest absolute Gasteiger partial charge is 0.338 e. The van der Waals surface area contributed by atoms with Crippen molar-refractivity contribution in [1.29, 1.82) is 0 Å². The number of hydrogen-bond acceptors (Lipinski definition) is 3. The van der Waals surface area contributed by atoms with Crippen LogP contribution in [0.4, 0.5) is 9.52 Å². The highest BCUT2D eigenvalue weighted by Gasteiger charge is 2.22. The van der Waals surface area contributed by atoms with Crippen LogP contribution in [0.25, 0.3) is 10.2 Å². The van der Waals surface area contributed by atoms with Gasteiger partial charge in [0, 0.05) is 5.56 Å². The lowest BCUT2D eigenvalue weighted by Crippen LogP contribution is -3.06. The minimum absolute atomic E-state index is 0.153. The zero-order valence-corrected chi connectivity index (χ0v) is 16.3. The van der Waals surface area contributed by atoms with E-state index in [1.54, 1.807) is 4.90 Å². The fourth-order valence-corrected chi connectivity index (χ4v) is 3.89. The summed E-state index contributed by atoms with van der Waals surface area (Å²) in [5.41, 5.74) is 3.70. The first-order valence-corrected chi connectivity index (χ1v) is 9.41. The number of likely N-dealkylation sites (N-methyl/N-ethyl adjacent to an activating group) is 1. The molecule has 1 N–H and O–H groups in total. The Morgan fingerprint density at radius 1 is 1.19 bits per heavy atom. The normalized spacial score (nSPS) is 11.3. The summed E-state index contributed by atoms with van der Waals surface area (Å²) in [7, 11) is 4.10. The number of fused-ring (bicyclic) bond motifs is 1. The van der Waals surface area contributed by atoms with Crippen molar-refractivity contribution in [3.63, 3.8) is 0 Å². The number of benzene rings is 2. The number of aryl methyl sites for hydroxylation is 2. The molecule has 0 saturated carbocycles. The van der Waals surface area contributed by atoms with Crippen LogP contribution in [0.5, 0.6) is 0 Å². The molecule has 0 aliphatic heterocycles. The molecule has 0 radical (unpaired) electrons. The molecule has 0 spiro atoms. The molecule has 0 aliphatic carbocycles. The van der Waals surface area contributed by atoms with Crippen molar-refractivity contribution >= 4 is 32.6 Å². The van der Waals surface area contributed by atoms with E-state index >= 15 is 0 Å². The molecule has 4 nitrogen and oxygen atoms in total. The van der Waals surface area contributed by atoms with Crippen LogP contribution in [0, 0.1) is 19.7 Å². The monoisotopic (exact) mass is 372 g/mol. The molecule has 26 heavy (non-hydrogen) atoms. The Labute approximate surface area is 156 Å². The van der Waals surface area contributed by atoms with Gasteiger partial charge in [-0.25, -0.2) is 9.37 Å². The molecule has 1 amide bonds. The molecule has 3 aromatic rings. The van der Waals surface area contributed by atoms with Crippen molar-refractivity contribution in [3.8, 4) is 0 Å². The number of nitrogens with zero attached hydrogens (tertiary/aromatic N) is 2. The molecule has 0 unspecified atom stereocenters. The Kier molecular flexibility index (Phi) is 5.34. The lowest BCUT2D eigenvalue weighted by Gasteiger charge is -2.20. The van der Waals surface area contributed by atoms with Gasteiger partial charge in [-0.2, -0.15) is 0 Å². The van der Waals surface area contributed by atoms with E-state index in [0.29, 0.717) is 17.2 Å². The number of rotatable bonds is 5. The molecule has 136 valence electrons. The summed E-state index contributed by atoms with van der Waals surface area (Å²) >= 11 is 1.53. The number of quaternary nitrogens is 1. The van der Waals surface area contributed by atoms with Gasteiger partial charge in [-0.1, -0.05) is 17.4 Å². The fourth-order valence-electron chi connectivity index (χ4n) is 2.85. The van der Waals surface area contributed by atoms with Crippen LogP contribution >= 0.6 is 11.3 Å². The van der Waals surface area contributed by atoms with Crippen LogP contribution in [-0.4, -0.2) is 38.1 Å². The summed E-state index contributed by atoms with van der Waals surface area (Å²) in [6, 6.07) is 9.84. The maximum atomic E-state index is 13.2. The summed E-state index contributed by atoms with van der Waals surface area (Å²) < 4.78 is 14.3. The Morgan fingerprint density at radius 2 is 1.88 bits per heavy atom. The number of carbonyl (C=O) groups is 1. The highest BCUT2D eigenvalue weighted by Crippen LogP contribution is 2.32. The maximum Gasteiger partial charge on any atom is 0.260 e. The smallest absolute Gasteiger partial charge is 0.260 e. The molecule has 1 heterocycles. The minimum atomic E-state index is -0.350. The van der Waals surface area contributed by atoms with Gasteiger partial charge < -0.3 is 4.90 Å². The second-order valence-corrected chi connectivity index (χ2v) is 7.82. The Balaban J connectivity index is 2.01. The number of amides is 1. The molecular weight excluding hydrogens is 349 g/mol. The molecule has 0 aliphatic rings. The summed E-state index contributed by atoms with van der Waals surface area (Å²) in [5.74, 6) is -0.503. The lowest BCUT2D eigenvalue weighted by molar-refractivity contribution is -0.856. The molecule has 1 aromatic heterocycles. The molecule has 6 heteroatoms. The van der Waals surface area contributed by atoms with Crippen LogP contribution in [0.1, 0.15) is 21.5 Å². The van der Waals surface area contributed by atoms with E-state index in [-0.39, 0.29) is 11.7 Å². The van der Waals surface area contributed by atoms with Gasteiger partial charge in [-0.3, -0.25) is 9.69 Å². The number of carbonyl (C=O) groups excluding carboxylic acids is 1. The summed E-state index contributed by atoms with van der Waals surface area (Å²) in [6.45, 7) is 5.45. The number of anilines is 1. The molecule has 2 aromatic carbocycles. The molecule has 0 bridgehead atoms. The second-order valence-electron chi connectivity index (χ2n) is 6.85. The van der Waals surface area contributed by atoms with Crippen LogP contribution in [-0.2, 0) is 0 Å².